The zero-order valence-electron chi connectivity index (χ0n) is 11.4. The van der Waals surface area contributed by atoms with Crippen LogP contribution < -0.4 is 5.32 Å². The number of nitrogens with zero attached hydrogens (tertiary/aromatic N) is 1. The van der Waals surface area contributed by atoms with Gasteiger partial charge >= 0.3 is 5.97 Å². The van der Waals surface area contributed by atoms with Gasteiger partial charge in [-0.25, -0.2) is 9.18 Å². The molecular formula is C14H18BrFN2O2. The van der Waals surface area contributed by atoms with Gasteiger partial charge in [0.25, 0.3) is 0 Å². The predicted molar refractivity (Wildman–Crippen MR) is 77.9 cm³/mol. The van der Waals surface area contributed by atoms with Crippen LogP contribution in [0, 0.1) is 5.82 Å². The standard InChI is InChI=1S/C14H18BrFN2O2/c1-20-14(19)13(18-7-2-5-17-6-8-18)11-4-3-10(15)9-12(11)16/h3-4,9,13,17H,2,5-8H2,1H3. The lowest BCUT2D eigenvalue weighted by Crippen LogP contribution is -2.37. The second kappa shape index (κ2) is 7.15. The van der Waals surface area contributed by atoms with Crippen molar-refractivity contribution in [2.24, 2.45) is 0 Å². The van der Waals surface area contributed by atoms with E-state index >= 15 is 0 Å². The Morgan fingerprint density at radius 1 is 1.45 bits per heavy atom. The van der Waals surface area contributed by atoms with E-state index in [-0.39, 0.29) is 0 Å². The summed E-state index contributed by atoms with van der Waals surface area (Å²) in [6, 6.07) is 4.07. The first-order chi connectivity index (χ1) is 9.63. The molecule has 1 fully saturated rings. The van der Waals surface area contributed by atoms with Gasteiger partial charge in [0.05, 0.1) is 7.11 Å². The number of carbonyl (C=O) groups excluding carboxylic acids is 1. The van der Waals surface area contributed by atoms with Gasteiger partial charge in [-0.1, -0.05) is 22.0 Å². The topological polar surface area (TPSA) is 41.6 Å². The average Bonchev–Trinajstić information content (AvgIpc) is 2.70. The van der Waals surface area contributed by atoms with Crippen LogP contribution >= 0.6 is 15.9 Å². The number of esters is 1. The van der Waals surface area contributed by atoms with Crippen molar-refractivity contribution in [2.45, 2.75) is 12.5 Å². The summed E-state index contributed by atoms with van der Waals surface area (Å²) in [5, 5.41) is 3.27. The Morgan fingerprint density at radius 3 is 2.95 bits per heavy atom. The van der Waals surface area contributed by atoms with Gasteiger partial charge in [0.1, 0.15) is 11.9 Å². The molecule has 0 spiro atoms. The summed E-state index contributed by atoms with van der Waals surface area (Å²) in [7, 11) is 1.34. The molecule has 0 amide bonds. The Kier molecular flexibility index (Phi) is 5.51. The summed E-state index contributed by atoms with van der Waals surface area (Å²) >= 11 is 3.23. The maximum absolute atomic E-state index is 14.2. The third kappa shape index (κ3) is 3.56. The molecular weight excluding hydrogens is 327 g/mol. The van der Waals surface area contributed by atoms with Gasteiger partial charge in [0.2, 0.25) is 0 Å². The lowest BCUT2D eigenvalue weighted by atomic mass is 10.0. The van der Waals surface area contributed by atoms with Gasteiger partial charge in [-0.2, -0.15) is 0 Å². The normalized spacial score (nSPS) is 18.4. The minimum atomic E-state index is -0.687. The number of halogens is 2. The van der Waals surface area contributed by atoms with Gasteiger partial charge < -0.3 is 10.1 Å². The SMILES string of the molecule is COC(=O)C(c1ccc(Br)cc1F)N1CCCNCC1. The first kappa shape index (κ1) is 15.4. The second-order valence-corrected chi connectivity index (χ2v) is 5.65. The van der Waals surface area contributed by atoms with Crippen molar-refractivity contribution in [2.75, 3.05) is 33.3 Å². The van der Waals surface area contributed by atoms with Crippen LogP contribution in [0.1, 0.15) is 18.0 Å². The summed E-state index contributed by atoms with van der Waals surface area (Å²) in [5.41, 5.74) is 0.363. The largest absolute Gasteiger partial charge is 0.468 e. The van der Waals surface area contributed by atoms with E-state index in [0.717, 1.165) is 26.1 Å². The highest BCUT2D eigenvalue weighted by atomic mass is 79.9. The van der Waals surface area contributed by atoms with Crippen LogP contribution in [0.5, 0.6) is 0 Å². The van der Waals surface area contributed by atoms with Gasteiger partial charge in [-0.3, -0.25) is 4.90 Å². The van der Waals surface area contributed by atoms with Crippen LogP contribution in [0.4, 0.5) is 4.39 Å². The number of ether oxygens (including phenoxy) is 1. The number of methoxy groups -OCH3 is 1. The molecule has 2 rings (SSSR count). The maximum Gasteiger partial charge on any atom is 0.327 e. The number of nitrogens with one attached hydrogen (secondary N) is 1. The van der Waals surface area contributed by atoms with E-state index in [1.54, 1.807) is 12.1 Å². The maximum atomic E-state index is 14.2. The predicted octanol–water partition coefficient (Wildman–Crippen LogP) is 2.10. The highest BCUT2D eigenvalue weighted by Gasteiger charge is 2.31. The summed E-state index contributed by atoms with van der Waals surface area (Å²) < 4.78 is 19.7. The fourth-order valence-corrected chi connectivity index (χ4v) is 2.77. The van der Waals surface area contributed by atoms with E-state index in [9.17, 15) is 9.18 Å². The summed E-state index contributed by atoms with van der Waals surface area (Å²) in [6.45, 7) is 3.12. The van der Waals surface area contributed by atoms with E-state index in [0.29, 0.717) is 16.6 Å². The highest BCUT2D eigenvalue weighted by molar-refractivity contribution is 9.10. The number of hydrogen-bond acceptors (Lipinski definition) is 4. The monoisotopic (exact) mass is 344 g/mol. The number of hydrogen-bond donors (Lipinski definition) is 1. The van der Waals surface area contributed by atoms with Crippen molar-refractivity contribution >= 4 is 21.9 Å². The minimum Gasteiger partial charge on any atom is -0.468 e. The zero-order chi connectivity index (χ0) is 14.5. The lowest BCUT2D eigenvalue weighted by Gasteiger charge is -2.28. The van der Waals surface area contributed by atoms with E-state index in [1.807, 2.05) is 4.90 Å². The number of rotatable bonds is 3. The van der Waals surface area contributed by atoms with Gasteiger partial charge in [-0.15, -0.1) is 0 Å². The smallest absolute Gasteiger partial charge is 0.327 e. The summed E-state index contributed by atoms with van der Waals surface area (Å²) in [5.74, 6) is -0.819. The molecule has 1 aliphatic heterocycles. The number of carbonyl (C=O) groups is 1. The molecule has 1 heterocycles. The van der Waals surface area contributed by atoms with E-state index in [4.69, 9.17) is 4.74 Å². The minimum absolute atomic E-state index is 0.363. The molecule has 1 unspecified atom stereocenters. The molecule has 1 aromatic carbocycles. The van der Waals surface area contributed by atoms with Crippen LogP contribution in [-0.2, 0) is 9.53 Å². The van der Waals surface area contributed by atoms with Crippen LogP contribution in [-0.4, -0.2) is 44.2 Å². The van der Waals surface area contributed by atoms with E-state index in [1.165, 1.54) is 13.2 Å². The zero-order valence-corrected chi connectivity index (χ0v) is 13.0. The summed E-state index contributed by atoms with van der Waals surface area (Å²) in [4.78, 5) is 14.1. The fraction of sp³-hybridized carbons (Fsp3) is 0.500. The fourth-order valence-electron chi connectivity index (χ4n) is 2.43. The molecule has 4 nitrogen and oxygen atoms in total. The molecule has 6 heteroatoms. The van der Waals surface area contributed by atoms with Crippen molar-refractivity contribution in [3.05, 3.63) is 34.1 Å². The summed E-state index contributed by atoms with van der Waals surface area (Å²) in [6.07, 6.45) is 0.922. The Morgan fingerprint density at radius 2 is 2.25 bits per heavy atom. The van der Waals surface area contributed by atoms with Crippen molar-refractivity contribution in [3.8, 4) is 0 Å². The molecule has 0 radical (unpaired) electrons. The average molecular weight is 345 g/mol. The molecule has 1 aromatic rings. The second-order valence-electron chi connectivity index (χ2n) is 4.73. The lowest BCUT2D eigenvalue weighted by molar-refractivity contribution is -0.147. The van der Waals surface area contributed by atoms with E-state index in [2.05, 4.69) is 21.2 Å². The molecule has 0 bridgehead atoms. The first-order valence-electron chi connectivity index (χ1n) is 6.61. The molecule has 0 saturated carbocycles. The Hall–Kier alpha value is -0.980. The van der Waals surface area contributed by atoms with Crippen LogP contribution in [0.3, 0.4) is 0 Å². The van der Waals surface area contributed by atoms with Crippen molar-refractivity contribution in [3.63, 3.8) is 0 Å². The Labute approximate surface area is 126 Å². The molecule has 20 heavy (non-hydrogen) atoms. The Bertz CT molecular complexity index is 476. The highest BCUT2D eigenvalue weighted by Crippen LogP contribution is 2.27. The quantitative estimate of drug-likeness (QED) is 0.852. The van der Waals surface area contributed by atoms with Crippen molar-refractivity contribution in [1.29, 1.82) is 0 Å². The van der Waals surface area contributed by atoms with E-state index < -0.39 is 17.8 Å². The van der Waals surface area contributed by atoms with Crippen LogP contribution in [0.2, 0.25) is 0 Å². The third-order valence-corrected chi connectivity index (χ3v) is 3.91. The molecule has 110 valence electrons. The molecule has 0 aromatic heterocycles. The molecule has 1 N–H and O–H groups in total. The molecule has 1 atom stereocenters. The first-order valence-corrected chi connectivity index (χ1v) is 7.40. The molecule has 1 aliphatic rings. The van der Waals surface area contributed by atoms with Crippen LogP contribution in [0.15, 0.2) is 22.7 Å². The van der Waals surface area contributed by atoms with Crippen molar-refractivity contribution < 1.29 is 13.9 Å². The van der Waals surface area contributed by atoms with Crippen molar-refractivity contribution in [1.82, 2.24) is 10.2 Å². The number of benzene rings is 1. The van der Waals surface area contributed by atoms with Gasteiger partial charge in [0.15, 0.2) is 0 Å². The van der Waals surface area contributed by atoms with Crippen LogP contribution in [0.25, 0.3) is 0 Å². The molecule has 0 aliphatic carbocycles. The van der Waals surface area contributed by atoms with Gasteiger partial charge in [0, 0.05) is 29.7 Å². The Balaban J connectivity index is 2.33. The third-order valence-electron chi connectivity index (χ3n) is 3.42. The molecule has 1 saturated heterocycles. The van der Waals surface area contributed by atoms with Gasteiger partial charge in [-0.05, 0) is 25.1 Å².